The molecule has 0 aliphatic carbocycles. The summed E-state index contributed by atoms with van der Waals surface area (Å²) in [4.78, 5) is 16.5. The van der Waals surface area contributed by atoms with Gasteiger partial charge in [-0.2, -0.15) is 0 Å². The molecule has 0 aromatic carbocycles. The van der Waals surface area contributed by atoms with Crippen LogP contribution in [0.5, 0.6) is 0 Å². The Morgan fingerprint density at radius 2 is 0.657 bits per heavy atom. The fourth-order valence-electron chi connectivity index (χ4n) is 2.01. The Hall–Kier alpha value is -4.08. The van der Waals surface area contributed by atoms with Gasteiger partial charge in [-0.15, -0.1) is 0 Å². The van der Waals surface area contributed by atoms with Crippen LogP contribution in [0.25, 0.3) is 0 Å². The van der Waals surface area contributed by atoms with Gasteiger partial charge in [-0.3, -0.25) is 0 Å². The van der Waals surface area contributed by atoms with E-state index in [1.807, 2.05) is 72.8 Å². The van der Waals surface area contributed by atoms with Crippen molar-refractivity contribution in [3.63, 3.8) is 0 Å². The summed E-state index contributed by atoms with van der Waals surface area (Å²) in [6.45, 7) is 0. The molecule has 0 radical (unpaired) electrons. The Morgan fingerprint density at radius 3 is 0.800 bits per heavy atom. The zero-order valence-electron chi connectivity index (χ0n) is 19.8. The van der Waals surface area contributed by atoms with Crippen molar-refractivity contribution in [1.29, 1.82) is 0 Å². The average Bonchev–Trinajstić information content (AvgIpc) is 2.75. The van der Waals surface area contributed by atoms with Gasteiger partial charge in [-0.25, -0.2) is 19.9 Å². The quantitative estimate of drug-likeness (QED) is 0.216. The first-order valence-electron chi connectivity index (χ1n) is 9.22. The first-order valence-corrected chi connectivity index (χ1v) is 11.5. The normalized spacial score (nSPS) is 11.7. The fraction of sp³-hybridized carbons (Fsp3) is 0. The van der Waals surface area contributed by atoms with Crippen LogP contribution in [0.15, 0.2) is 97.6 Å². The van der Waals surface area contributed by atoms with E-state index in [-0.39, 0.29) is 13.8 Å². The van der Waals surface area contributed by atoms with Crippen LogP contribution in [0.3, 0.4) is 0 Å². The zero-order chi connectivity index (χ0) is 24.3. The molecule has 0 spiro atoms. The van der Waals surface area contributed by atoms with E-state index in [9.17, 15) is 24.6 Å². The number of aromatic nitrogens is 4. The molecule has 4 heterocycles. The molecule has 35 heavy (non-hydrogen) atoms. The van der Waals surface area contributed by atoms with Gasteiger partial charge in [0.05, 0.1) is 0 Å². The summed E-state index contributed by atoms with van der Waals surface area (Å²) in [7, 11) is -10.8. The Bertz CT molecular complexity index is 947. The van der Waals surface area contributed by atoms with E-state index in [4.69, 9.17) is 0 Å². The second kappa shape index (κ2) is 12.4. The minimum Gasteiger partial charge on any atom is -0.412 e. The number of hydrogen-bond acceptors (Lipinski definition) is 6. The number of anilines is 4. The standard InChI is InChI=1S/2C10H9N3.F6Si.2H2O/c2*1-3-7-11-9(5-1)13-10-6-2-4-8-12-10;1-7(2,3,4,5)6;;/h2*1-8H,(H,11,12,13);;2*1H2/q;;-2;;/p+2. The predicted molar refractivity (Wildman–Crippen MR) is 125 cm³/mol. The molecule has 0 saturated heterocycles. The smallest absolute Gasteiger partial charge is 0.412 e. The van der Waals surface area contributed by atoms with Crippen molar-refractivity contribution >= 4 is 31.9 Å². The number of rotatable bonds is 4. The molecular formula is C20H24F6N6O2Si. The second-order valence-electron chi connectivity index (χ2n) is 6.18. The van der Waals surface area contributed by atoms with Gasteiger partial charge in [0.15, 0.2) is 0 Å². The van der Waals surface area contributed by atoms with Crippen LogP contribution in [-0.2, 0) is 0 Å². The van der Waals surface area contributed by atoms with Crippen LogP contribution in [0.1, 0.15) is 2.85 Å². The van der Waals surface area contributed by atoms with Crippen molar-refractivity contribution in [1.82, 2.24) is 19.9 Å². The molecule has 4 rings (SSSR count). The molecule has 0 amide bonds. The van der Waals surface area contributed by atoms with Gasteiger partial charge >= 0.3 is 36.1 Å². The van der Waals surface area contributed by atoms with Crippen molar-refractivity contribution in [2.24, 2.45) is 0 Å². The Labute approximate surface area is 199 Å². The van der Waals surface area contributed by atoms with Crippen LogP contribution in [0, 0.1) is 0 Å². The van der Waals surface area contributed by atoms with E-state index in [2.05, 4.69) is 30.6 Å². The Balaban J connectivity index is -0.000000465. The molecule has 0 fully saturated rings. The van der Waals surface area contributed by atoms with Gasteiger partial charge in [0.2, 0.25) is 0 Å². The van der Waals surface area contributed by atoms with E-state index in [1.54, 1.807) is 24.8 Å². The van der Waals surface area contributed by atoms with Crippen LogP contribution >= 0.6 is 0 Å². The van der Waals surface area contributed by atoms with Crippen LogP contribution in [-0.4, -0.2) is 39.5 Å². The minimum absolute atomic E-state index is 0. The summed E-state index contributed by atoms with van der Waals surface area (Å²) in [5, 5.41) is 6.16. The molecule has 0 saturated carbocycles. The fourth-order valence-corrected chi connectivity index (χ4v) is 2.01. The van der Waals surface area contributed by atoms with Crippen molar-refractivity contribution in [3.8, 4) is 0 Å². The van der Waals surface area contributed by atoms with Crippen LogP contribution in [0.4, 0.5) is 47.9 Å². The van der Waals surface area contributed by atoms with Crippen molar-refractivity contribution in [2.75, 3.05) is 10.6 Å². The topological polar surface area (TPSA) is 139 Å². The monoisotopic (exact) mass is 522 g/mol. The molecule has 0 bridgehead atoms. The van der Waals surface area contributed by atoms with E-state index in [0.29, 0.717) is 0 Å². The van der Waals surface area contributed by atoms with Gasteiger partial charge in [-0.05, 0) is 48.5 Å². The number of nitrogens with one attached hydrogen (secondary N) is 2. The number of hydrogen-bond donors (Lipinski definition) is 2. The summed E-state index contributed by atoms with van der Waals surface area (Å²) in [5.74, 6) is 3.23. The van der Waals surface area contributed by atoms with Crippen molar-refractivity contribution in [3.05, 3.63) is 97.6 Å². The van der Waals surface area contributed by atoms with Gasteiger partial charge < -0.3 is 21.6 Å². The molecular weight excluding hydrogens is 498 g/mol. The molecule has 192 valence electrons. The SMILES string of the molecule is F[Si-2](F)(F)(F)(F)F.O.O.[H+].[H+].c1ccc(Nc2ccccn2)nc1.c1ccc(Nc2ccccn2)nc1. The third kappa shape index (κ3) is 18.1. The van der Waals surface area contributed by atoms with Crippen molar-refractivity contribution in [2.45, 2.75) is 0 Å². The molecule has 0 atom stereocenters. The summed E-state index contributed by atoms with van der Waals surface area (Å²) in [5.41, 5.74) is 0. The van der Waals surface area contributed by atoms with Crippen LogP contribution in [0.2, 0.25) is 0 Å². The second-order valence-corrected chi connectivity index (χ2v) is 8.32. The third-order valence-corrected chi connectivity index (χ3v) is 3.17. The average molecular weight is 523 g/mol. The minimum atomic E-state index is -10.8. The molecule has 8 nitrogen and oxygen atoms in total. The van der Waals surface area contributed by atoms with E-state index in [1.165, 1.54) is 0 Å². The molecule has 4 aromatic heterocycles. The maximum atomic E-state index is 9.88. The van der Waals surface area contributed by atoms with Gasteiger partial charge in [0, 0.05) is 24.8 Å². The Morgan fingerprint density at radius 1 is 0.457 bits per heavy atom. The molecule has 4 aromatic rings. The first kappa shape index (κ1) is 30.9. The van der Waals surface area contributed by atoms with Crippen LogP contribution < -0.4 is 10.6 Å². The summed E-state index contributed by atoms with van der Waals surface area (Å²) >= 11 is 0. The summed E-state index contributed by atoms with van der Waals surface area (Å²) < 4.78 is 59.3. The summed E-state index contributed by atoms with van der Waals surface area (Å²) in [6, 6.07) is 22.8. The molecule has 0 aliphatic heterocycles. The molecule has 0 aliphatic rings. The molecule has 0 unspecified atom stereocenters. The maximum absolute atomic E-state index is 10.8. The van der Waals surface area contributed by atoms with Crippen molar-refractivity contribution < 1.29 is 38.5 Å². The Kier molecular flexibility index (Phi) is 11.0. The third-order valence-electron chi connectivity index (χ3n) is 3.17. The summed E-state index contributed by atoms with van der Waals surface area (Å²) in [6.07, 6.45) is 6.97. The van der Waals surface area contributed by atoms with E-state index in [0.717, 1.165) is 23.3 Å². The number of halogens is 6. The number of nitrogens with zero attached hydrogens (tertiary/aromatic N) is 4. The molecule has 6 N–H and O–H groups in total. The maximum Gasteiger partial charge on any atom is 1.00 e. The first-order chi connectivity index (χ1) is 15.3. The molecule has 15 heteroatoms. The number of pyridine rings is 4. The van der Waals surface area contributed by atoms with E-state index >= 15 is 0 Å². The van der Waals surface area contributed by atoms with E-state index < -0.39 is 8.63 Å². The predicted octanol–water partition coefficient (Wildman–Crippen LogP) is 5.16. The van der Waals surface area contributed by atoms with Gasteiger partial charge in [-0.1, -0.05) is 24.3 Å². The van der Waals surface area contributed by atoms with Gasteiger partial charge in [0.1, 0.15) is 23.3 Å². The zero-order valence-corrected chi connectivity index (χ0v) is 18.8. The van der Waals surface area contributed by atoms with Gasteiger partial charge in [0.25, 0.3) is 0 Å². The largest absolute Gasteiger partial charge is 1.00 e.